The molecule has 0 atom stereocenters. The third kappa shape index (κ3) is 5.40. The maximum absolute atomic E-state index is 15.0. The largest absolute Gasteiger partial charge is 0.367 e. The molecule has 3 aromatic carbocycles. The molecule has 3 heterocycles. The molecule has 9 heteroatoms. The van der Waals surface area contributed by atoms with Crippen molar-refractivity contribution in [3.8, 4) is 22.3 Å². The molecule has 1 aliphatic heterocycles. The van der Waals surface area contributed by atoms with Crippen LogP contribution in [0.3, 0.4) is 0 Å². The maximum Gasteiger partial charge on any atom is 0.260 e. The fourth-order valence-corrected chi connectivity index (χ4v) is 5.55. The minimum Gasteiger partial charge on any atom is -0.367 e. The lowest BCUT2D eigenvalue weighted by molar-refractivity contribution is 0.311. The van der Waals surface area contributed by atoms with Crippen molar-refractivity contribution in [1.82, 2.24) is 19.4 Å². The van der Waals surface area contributed by atoms with Crippen molar-refractivity contribution < 1.29 is 4.39 Å². The Labute approximate surface area is 242 Å². The highest BCUT2D eigenvalue weighted by atomic mass is 35.5. The maximum atomic E-state index is 15.0. The molecule has 0 saturated carbocycles. The Bertz CT molecular complexity index is 1780. The molecule has 208 valence electrons. The summed E-state index contributed by atoms with van der Waals surface area (Å²) in [4.78, 5) is 27.0. The van der Waals surface area contributed by atoms with Gasteiger partial charge in [-0.2, -0.15) is 4.98 Å². The molecule has 41 heavy (non-hydrogen) atoms. The second-order valence-corrected chi connectivity index (χ2v) is 10.6. The van der Waals surface area contributed by atoms with E-state index in [9.17, 15) is 4.79 Å². The van der Waals surface area contributed by atoms with Gasteiger partial charge < -0.3 is 15.1 Å². The van der Waals surface area contributed by atoms with E-state index in [2.05, 4.69) is 32.1 Å². The molecule has 6 rings (SSSR count). The van der Waals surface area contributed by atoms with E-state index in [0.717, 1.165) is 37.3 Å². The van der Waals surface area contributed by atoms with Gasteiger partial charge in [-0.05, 0) is 55.4 Å². The second kappa shape index (κ2) is 11.3. The van der Waals surface area contributed by atoms with Crippen LogP contribution in [0.15, 0.2) is 83.8 Å². The van der Waals surface area contributed by atoms with Crippen LogP contribution in [0.2, 0.25) is 5.02 Å². The third-order valence-corrected chi connectivity index (χ3v) is 7.87. The minimum absolute atomic E-state index is 0.193. The molecule has 2 aromatic heterocycles. The number of rotatable bonds is 6. The summed E-state index contributed by atoms with van der Waals surface area (Å²) >= 11 is 6.70. The fraction of sp³-hybridized carbons (Fsp3) is 0.219. The highest BCUT2D eigenvalue weighted by Gasteiger charge is 2.19. The fourth-order valence-electron chi connectivity index (χ4n) is 5.27. The van der Waals surface area contributed by atoms with E-state index < -0.39 is 0 Å². The number of aryl methyl sites for hydroxylation is 1. The monoisotopic (exact) mass is 568 g/mol. The Hall–Kier alpha value is -4.27. The van der Waals surface area contributed by atoms with Crippen LogP contribution >= 0.6 is 11.6 Å². The molecule has 0 bridgehead atoms. The molecule has 0 amide bonds. The van der Waals surface area contributed by atoms with Gasteiger partial charge in [-0.1, -0.05) is 54.1 Å². The number of hydrogen-bond acceptors (Lipinski definition) is 6. The minimum atomic E-state index is -0.300. The van der Waals surface area contributed by atoms with Gasteiger partial charge in [-0.15, -0.1) is 0 Å². The number of pyridine rings is 1. The zero-order valence-corrected chi connectivity index (χ0v) is 23.7. The van der Waals surface area contributed by atoms with Gasteiger partial charge in [0.05, 0.1) is 5.69 Å². The Morgan fingerprint density at radius 1 is 0.927 bits per heavy atom. The standard InChI is InChI=1S/C32H30ClFN6O/c1-3-40-30-23(17-26(31(40)41)25-11-9-22(18-27(25)33)21-7-5-4-6-8-21)20-35-32(37-30)36-24-10-12-29(28(34)19-24)39-15-13-38(2)14-16-39/h4-12,17-20H,3,13-16H2,1-2H3,(H,35,36,37). The van der Waals surface area contributed by atoms with Gasteiger partial charge in [0, 0.05) is 66.1 Å². The number of nitrogens with zero attached hydrogens (tertiary/aromatic N) is 5. The van der Waals surface area contributed by atoms with E-state index >= 15 is 4.39 Å². The van der Waals surface area contributed by atoms with Crippen molar-refractivity contribution in [2.24, 2.45) is 0 Å². The molecule has 1 saturated heterocycles. The smallest absolute Gasteiger partial charge is 0.260 e. The Balaban J connectivity index is 1.30. The van der Waals surface area contributed by atoms with Crippen LogP contribution in [-0.4, -0.2) is 52.7 Å². The van der Waals surface area contributed by atoms with E-state index in [4.69, 9.17) is 11.6 Å². The third-order valence-electron chi connectivity index (χ3n) is 7.56. The number of aromatic nitrogens is 3. The second-order valence-electron chi connectivity index (χ2n) is 10.2. The van der Waals surface area contributed by atoms with E-state index in [-0.39, 0.29) is 17.3 Å². The topological polar surface area (TPSA) is 66.3 Å². The van der Waals surface area contributed by atoms with E-state index in [0.29, 0.717) is 45.1 Å². The lowest BCUT2D eigenvalue weighted by Crippen LogP contribution is -2.44. The highest BCUT2D eigenvalue weighted by molar-refractivity contribution is 6.33. The zero-order valence-electron chi connectivity index (χ0n) is 22.9. The van der Waals surface area contributed by atoms with E-state index in [1.54, 1.807) is 22.9 Å². The molecular weight excluding hydrogens is 539 g/mol. The Kier molecular flexibility index (Phi) is 7.43. The van der Waals surface area contributed by atoms with Gasteiger partial charge in [0.25, 0.3) is 5.56 Å². The molecule has 0 aliphatic carbocycles. The first-order valence-corrected chi connectivity index (χ1v) is 14.0. The molecule has 1 fully saturated rings. The first-order chi connectivity index (χ1) is 19.9. The van der Waals surface area contributed by atoms with Crippen LogP contribution in [0.1, 0.15) is 6.92 Å². The summed E-state index contributed by atoms with van der Waals surface area (Å²) in [6.07, 6.45) is 1.67. The van der Waals surface area contributed by atoms with Gasteiger partial charge in [-0.25, -0.2) is 9.37 Å². The molecule has 5 aromatic rings. The number of nitrogens with one attached hydrogen (secondary N) is 1. The van der Waals surface area contributed by atoms with Crippen LogP contribution in [0, 0.1) is 5.82 Å². The normalized spacial score (nSPS) is 14.0. The predicted molar refractivity (Wildman–Crippen MR) is 165 cm³/mol. The summed E-state index contributed by atoms with van der Waals surface area (Å²) in [7, 11) is 2.07. The highest BCUT2D eigenvalue weighted by Crippen LogP contribution is 2.32. The zero-order chi connectivity index (χ0) is 28.5. The van der Waals surface area contributed by atoms with Crippen molar-refractivity contribution in [2.45, 2.75) is 13.5 Å². The predicted octanol–water partition coefficient (Wildman–Crippen LogP) is 6.43. The average Bonchev–Trinajstić information content (AvgIpc) is 2.98. The van der Waals surface area contributed by atoms with Crippen molar-refractivity contribution >= 4 is 40.0 Å². The van der Waals surface area contributed by atoms with Crippen molar-refractivity contribution in [1.29, 1.82) is 0 Å². The number of hydrogen-bond donors (Lipinski definition) is 1. The summed E-state index contributed by atoms with van der Waals surface area (Å²) in [6.45, 7) is 5.67. The molecule has 1 aliphatic rings. The number of piperazine rings is 1. The quantitative estimate of drug-likeness (QED) is 0.254. The summed E-state index contributed by atoms with van der Waals surface area (Å²) in [5.41, 5.74) is 4.58. The summed E-state index contributed by atoms with van der Waals surface area (Å²) in [6, 6.07) is 22.5. The molecule has 1 N–H and O–H groups in total. The van der Waals surface area contributed by atoms with Crippen LogP contribution in [0.4, 0.5) is 21.7 Å². The van der Waals surface area contributed by atoms with Gasteiger partial charge in [0.2, 0.25) is 5.95 Å². The number of benzene rings is 3. The van der Waals surface area contributed by atoms with Gasteiger partial charge in [-0.3, -0.25) is 9.36 Å². The molecule has 0 unspecified atom stereocenters. The molecular formula is C32H30ClFN6O. The van der Waals surface area contributed by atoms with Gasteiger partial charge in [0.15, 0.2) is 0 Å². The van der Waals surface area contributed by atoms with Crippen molar-refractivity contribution in [3.63, 3.8) is 0 Å². The van der Waals surface area contributed by atoms with Gasteiger partial charge >= 0.3 is 0 Å². The molecule has 7 nitrogen and oxygen atoms in total. The lowest BCUT2D eigenvalue weighted by atomic mass is 10.0. The molecule has 0 spiro atoms. The summed E-state index contributed by atoms with van der Waals surface area (Å²) in [5.74, 6) is -0.0190. The number of anilines is 3. The lowest BCUT2D eigenvalue weighted by Gasteiger charge is -2.34. The van der Waals surface area contributed by atoms with Crippen LogP contribution in [0.5, 0.6) is 0 Å². The summed E-state index contributed by atoms with van der Waals surface area (Å²) < 4.78 is 16.6. The Morgan fingerprint density at radius 2 is 1.71 bits per heavy atom. The first kappa shape index (κ1) is 26.9. The number of fused-ring (bicyclic) bond motifs is 1. The van der Waals surface area contributed by atoms with Gasteiger partial charge in [0.1, 0.15) is 11.5 Å². The summed E-state index contributed by atoms with van der Waals surface area (Å²) in [5, 5.41) is 4.29. The van der Waals surface area contributed by atoms with E-state index in [1.807, 2.05) is 61.5 Å². The van der Waals surface area contributed by atoms with Crippen LogP contribution in [-0.2, 0) is 6.54 Å². The molecule has 0 radical (unpaired) electrons. The number of likely N-dealkylation sites (N-methyl/N-ethyl adjacent to an activating group) is 1. The van der Waals surface area contributed by atoms with Crippen molar-refractivity contribution in [3.05, 3.63) is 100 Å². The Morgan fingerprint density at radius 3 is 2.41 bits per heavy atom. The van der Waals surface area contributed by atoms with Crippen LogP contribution in [0.25, 0.3) is 33.3 Å². The SMILES string of the molecule is CCn1c(=O)c(-c2ccc(-c3ccccc3)cc2Cl)cc2cnc(Nc3ccc(N4CCN(C)CC4)c(F)c3)nc21. The average molecular weight is 569 g/mol. The van der Waals surface area contributed by atoms with E-state index in [1.165, 1.54) is 6.07 Å². The first-order valence-electron chi connectivity index (χ1n) is 13.7. The van der Waals surface area contributed by atoms with Crippen molar-refractivity contribution in [2.75, 3.05) is 43.4 Å². The van der Waals surface area contributed by atoms with Crippen LogP contribution < -0.4 is 15.8 Å². The number of halogens is 2.